The van der Waals surface area contributed by atoms with E-state index in [1.807, 2.05) is 0 Å². The van der Waals surface area contributed by atoms with Crippen molar-refractivity contribution in [2.45, 2.75) is 6.18 Å². The molecule has 0 radical (unpaired) electrons. The van der Waals surface area contributed by atoms with Crippen LogP contribution < -0.4 is 11.3 Å². The highest BCUT2D eigenvalue weighted by molar-refractivity contribution is 5.93. The lowest BCUT2D eigenvalue weighted by molar-refractivity contribution is -0.140. The van der Waals surface area contributed by atoms with Crippen LogP contribution in [0.3, 0.4) is 0 Å². The van der Waals surface area contributed by atoms with Gasteiger partial charge in [-0.3, -0.25) is 10.2 Å². The summed E-state index contributed by atoms with van der Waals surface area (Å²) in [5.74, 6) is -0.319. The third-order valence-corrected chi connectivity index (χ3v) is 1.73. The van der Waals surface area contributed by atoms with Crippen molar-refractivity contribution in [3.05, 3.63) is 34.9 Å². The van der Waals surface area contributed by atoms with Gasteiger partial charge in [-0.25, -0.2) is 14.6 Å². The molecule has 0 aliphatic rings. The number of carbonyl (C=O) groups excluding carboxylic acids is 1. The zero-order chi connectivity index (χ0) is 12.5. The molecule has 0 unspecified atom stereocenters. The second kappa shape index (κ2) is 4.05. The Morgan fingerprint density at radius 2 is 1.81 bits per heavy atom. The molecule has 3 nitrogen and oxygen atoms in total. The topological polar surface area (TPSA) is 55.1 Å². The van der Waals surface area contributed by atoms with E-state index < -0.39 is 34.8 Å². The number of nitrogens with one attached hydrogen (secondary N) is 1. The zero-order valence-corrected chi connectivity index (χ0v) is 7.53. The Morgan fingerprint density at radius 1 is 1.25 bits per heavy atom. The molecule has 88 valence electrons. The molecule has 0 spiro atoms. The van der Waals surface area contributed by atoms with Gasteiger partial charge in [0.2, 0.25) is 0 Å². The maximum Gasteiger partial charge on any atom is 0.419 e. The van der Waals surface area contributed by atoms with Crippen LogP contribution in [0.15, 0.2) is 12.1 Å². The molecule has 1 aromatic carbocycles. The monoisotopic (exact) mass is 240 g/mol. The quantitative estimate of drug-likeness (QED) is 0.339. The summed E-state index contributed by atoms with van der Waals surface area (Å²) in [4.78, 5) is 10.9. The lowest BCUT2D eigenvalue weighted by atomic mass is 10.1. The first-order valence-corrected chi connectivity index (χ1v) is 3.84. The van der Waals surface area contributed by atoms with Crippen LogP contribution in [0.4, 0.5) is 22.0 Å². The number of nitrogen functional groups attached to an aromatic ring is 1. The molecule has 0 fully saturated rings. The molecule has 0 aromatic heterocycles. The standard InChI is InChI=1S/C8H5F5N2O/c9-5-2-3(7(16)15-14)1-4(6(5)10)8(11,12)13/h1-2H,14H2,(H,15,16). The molecule has 3 N–H and O–H groups in total. The number of hydrogen-bond donors (Lipinski definition) is 2. The van der Waals surface area contributed by atoms with Crippen molar-refractivity contribution in [3.8, 4) is 0 Å². The normalized spacial score (nSPS) is 11.4. The Hall–Kier alpha value is -1.70. The molecular formula is C8H5F5N2O. The number of amides is 1. The SMILES string of the molecule is NNC(=O)c1cc(F)c(F)c(C(F)(F)F)c1. The van der Waals surface area contributed by atoms with Crippen LogP contribution in [0.5, 0.6) is 0 Å². The van der Waals surface area contributed by atoms with Gasteiger partial charge in [-0.15, -0.1) is 0 Å². The van der Waals surface area contributed by atoms with Gasteiger partial charge in [-0.1, -0.05) is 0 Å². The van der Waals surface area contributed by atoms with Crippen molar-refractivity contribution in [2.24, 2.45) is 5.84 Å². The summed E-state index contributed by atoms with van der Waals surface area (Å²) in [6, 6.07) is 0.507. The average molecular weight is 240 g/mol. The first kappa shape index (κ1) is 12.4. The minimum Gasteiger partial charge on any atom is -0.290 e. The highest BCUT2D eigenvalue weighted by atomic mass is 19.4. The molecule has 1 amide bonds. The van der Waals surface area contributed by atoms with Crippen LogP contribution in [0, 0.1) is 11.6 Å². The summed E-state index contributed by atoms with van der Waals surface area (Å²) in [6.45, 7) is 0. The summed E-state index contributed by atoms with van der Waals surface area (Å²) in [5, 5.41) is 0. The molecule has 0 aliphatic heterocycles. The van der Waals surface area contributed by atoms with Crippen molar-refractivity contribution in [1.29, 1.82) is 0 Å². The molecule has 0 aliphatic carbocycles. The van der Waals surface area contributed by atoms with E-state index in [2.05, 4.69) is 5.84 Å². The lowest BCUT2D eigenvalue weighted by Crippen LogP contribution is -2.30. The van der Waals surface area contributed by atoms with E-state index in [9.17, 15) is 26.7 Å². The Labute approximate surface area is 86.0 Å². The van der Waals surface area contributed by atoms with E-state index in [-0.39, 0.29) is 6.07 Å². The lowest BCUT2D eigenvalue weighted by Gasteiger charge is -2.10. The van der Waals surface area contributed by atoms with Crippen molar-refractivity contribution < 1.29 is 26.7 Å². The fourth-order valence-corrected chi connectivity index (χ4v) is 1.01. The van der Waals surface area contributed by atoms with Crippen LogP contribution in [0.2, 0.25) is 0 Å². The van der Waals surface area contributed by atoms with Gasteiger partial charge in [0.25, 0.3) is 5.91 Å². The van der Waals surface area contributed by atoms with E-state index in [1.54, 1.807) is 0 Å². The minimum atomic E-state index is -5.09. The number of carbonyl (C=O) groups is 1. The average Bonchev–Trinajstić information content (AvgIpc) is 2.18. The summed E-state index contributed by atoms with van der Waals surface area (Å²) < 4.78 is 62.2. The number of hydrazine groups is 1. The van der Waals surface area contributed by atoms with Crippen molar-refractivity contribution in [3.63, 3.8) is 0 Å². The number of benzene rings is 1. The van der Waals surface area contributed by atoms with Gasteiger partial charge in [0.05, 0.1) is 5.56 Å². The second-order valence-electron chi connectivity index (χ2n) is 2.79. The molecule has 0 saturated heterocycles. The molecule has 8 heteroatoms. The van der Waals surface area contributed by atoms with Crippen molar-refractivity contribution >= 4 is 5.91 Å². The van der Waals surface area contributed by atoms with Crippen LogP contribution in [0.25, 0.3) is 0 Å². The number of nitrogens with two attached hydrogens (primary N) is 1. The van der Waals surface area contributed by atoms with E-state index in [0.29, 0.717) is 6.07 Å². The van der Waals surface area contributed by atoms with E-state index >= 15 is 0 Å². The molecule has 0 bridgehead atoms. The van der Waals surface area contributed by atoms with Gasteiger partial charge in [0.1, 0.15) is 0 Å². The molecule has 0 heterocycles. The van der Waals surface area contributed by atoms with Gasteiger partial charge in [-0.05, 0) is 12.1 Å². The summed E-state index contributed by atoms with van der Waals surface area (Å²) in [5.41, 5.74) is -1.06. The van der Waals surface area contributed by atoms with Gasteiger partial charge >= 0.3 is 6.18 Å². The molecule has 1 aromatic rings. The molecule has 16 heavy (non-hydrogen) atoms. The zero-order valence-electron chi connectivity index (χ0n) is 7.53. The fourth-order valence-electron chi connectivity index (χ4n) is 1.01. The predicted molar refractivity (Wildman–Crippen MR) is 43.0 cm³/mol. The molecule has 0 saturated carbocycles. The molecule has 0 atom stereocenters. The predicted octanol–water partition coefficient (Wildman–Crippen LogP) is 1.59. The van der Waals surface area contributed by atoms with E-state index in [0.717, 1.165) is 0 Å². The Balaban J connectivity index is 3.39. The van der Waals surface area contributed by atoms with Crippen LogP contribution in [-0.4, -0.2) is 5.91 Å². The van der Waals surface area contributed by atoms with Gasteiger partial charge in [-0.2, -0.15) is 13.2 Å². The summed E-state index contributed by atoms with van der Waals surface area (Å²) in [7, 11) is 0. The first-order chi connectivity index (χ1) is 7.27. The molecular weight excluding hydrogens is 235 g/mol. The largest absolute Gasteiger partial charge is 0.419 e. The maximum absolute atomic E-state index is 12.8. The van der Waals surface area contributed by atoms with Crippen LogP contribution >= 0.6 is 0 Å². The van der Waals surface area contributed by atoms with Crippen molar-refractivity contribution in [2.75, 3.05) is 0 Å². The number of alkyl halides is 3. The van der Waals surface area contributed by atoms with Gasteiger partial charge < -0.3 is 0 Å². The third-order valence-electron chi connectivity index (χ3n) is 1.73. The van der Waals surface area contributed by atoms with Crippen LogP contribution in [0.1, 0.15) is 15.9 Å². The fraction of sp³-hybridized carbons (Fsp3) is 0.125. The number of hydrogen-bond acceptors (Lipinski definition) is 2. The minimum absolute atomic E-state index is 0.181. The van der Waals surface area contributed by atoms with Gasteiger partial charge in [0, 0.05) is 5.56 Å². The van der Waals surface area contributed by atoms with Crippen molar-refractivity contribution in [1.82, 2.24) is 5.43 Å². The second-order valence-corrected chi connectivity index (χ2v) is 2.79. The first-order valence-electron chi connectivity index (χ1n) is 3.84. The Kier molecular flexibility index (Phi) is 3.13. The Morgan fingerprint density at radius 3 is 2.25 bits per heavy atom. The number of rotatable bonds is 1. The van der Waals surface area contributed by atoms with E-state index in [1.165, 1.54) is 5.43 Å². The number of halogens is 5. The highest BCUT2D eigenvalue weighted by Crippen LogP contribution is 2.32. The smallest absolute Gasteiger partial charge is 0.290 e. The highest BCUT2D eigenvalue weighted by Gasteiger charge is 2.36. The summed E-state index contributed by atoms with van der Waals surface area (Å²) in [6.07, 6.45) is -5.09. The van der Waals surface area contributed by atoms with Crippen LogP contribution in [-0.2, 0) is 6.18 Å². The van der Waals surface area contributed by atoms with Gasteiger partial charge in [0.15, 0.2) is 11.6 Å². The molecule has 1 rings (SSSR count). The van der Waals surface area contributed by atoms with E-state index in [4.69, 9.17) is 0 Å². The summed E-state index contributed by atoms with van der Waals surface area (Å²) >= 11 is 0. The third kappa shape index (κ3) is 2.27. The Bertz CT molecular complexity index is 429. The maximum atomic E-state index is 12.8.